The number of nitrogens with one attached hydrogen (secondary N) is 3. The number of terminal acetylenes is 1. The zero-order valence-electron chi connectivity index (χ0n) is 13.7. The van der Waals surface area contributed by atoms with E-state index in [4.69, 9.17) is 6.42 Å². The summed E-state index contributed by atoms with van der Waals surface area (Å²) in [7, 11) is 0. The maximum absolute atomic E-state index is 12.7. The van der Waals surface area contributed by atoms with Crippen molar-refractivity contribution in [3.8, 4) is 12.3 Å². The number of carbonyl (C=O) groups is 1. The summed E-state index contributed by atoms with van der Waals surface area (Å²) >= 11 is 0. The molecule has 3 aliphatic rings. The van der Waals surface area contributed by atoms with Crippen LogP contribution in [0.1, 0.15) is 18.4 Å². The van der Waals surface area contributed by atoms with Crippen molar-refractivity contribution >= 4 is 11.7 Å². The molecule has 1 aromatic carbocycles. The maximum Gasteiger partial charge on any atom is 0.416 e. The molecule has 134 valence electrons. The van der Waals surface area contributed by atoms with E-state index < -0.39 is 17.8 Å². The minimum absolute atomic E-state index is 0.123. The van der Waals surface area contributed by atoms with Crippen LogP contribution < -0.4 is 15.5 Å². The standard InChI is InChI=1S/C18H20F3N3O/c1-2-12-11-24-7-6-13(12)8-16(24)10-22-17(25)23-15-5-3-4-14(9-15)18(19,20)21/h1,3-5,9,12-13,16H,6-8,10-11H2,(H2,22,23,25)/p+1/t12-,13-,16+/m0/s1. The third-order valence-corrected chi connectivity index (χ3v) is 5.22. The van der Waals surface area contributed by atoms with Gasteiger partial charge >= 0.3 is 12.2 Å². The lowest BCUT2D eigenvalue weighted by Gasteiger charge is -2.45. The van der Waals surface area contributed by atoms with Gasteiger partial charge in [0, 0.05) is 18.5 Å². The molecule has 0 saturated carbocycles. The SMILES string of the molecule is C#C[C@H]1C[NH+]2CC[C@H]1C[C@@H]2CNC(=O)Nc1cccc(C(F)(F)F)c1. The molecule has 3 heterocycles. The lowest BCUT2D eigenvalue weighted by atomic mass is 9.76. The number of anilines is 1. The minimum atomic E-state index is -4.43. The molecular weight excluding hydrogens is 331 g/mol. The summed E-state index contributed by atoms with van der Waals surface area (Å²) in [6, 6.07) is 4.43. The Morgan fingerprint density at radius 2 is 2.20 bits per heavy atom. The average Bonchev–Trinajstić information content (AvgIpc) is 2.60. The van der Waals surface area contributed by atoms with Crippen molar-refractivity contribution in [3.63, 3.8) is 0 Å². The molecule has 1 unspecified atom stereocenters. The van der Waals surface area contributed by atoms with Gasteiger partial charge in [-0.15, -0.1) is 6.42 Å². The van der Waals surface area contributed by atoms with E-state index >= 15 is 0 Å². The van der Waals surface area contributed by atoms with Crippen LogP contribution in [-0.2, 0) is 6.18 Å². The van der Waals surface area contributed by atoms with Crippen LogP contribution in [0.15, 0.2) is 24.3 Å². The molecule has 3 aliphatic heterocycles. The van der Waals surface area contributed by atoms with Gasteiger partial charge < -0.3 is 15.5 Å². The van der Waals surface area contributed by atoms with E-state index in [2.05, 4.69) is 16.6 Å². The van der Waals surface area contributed by atoms with Gasteiger partial charge in [0.05, 0.1) is 31.1 Å². The number of quaternary nitrogens is 1. The number of halogens is 3. The third-order valence-electron chi connectivity index (χ3n) is 5.22. The summed E-state index contributed by atoms with van der Waals surface area (Å²) in [6.07, 6.45) is 3.23. The first-order valence-electron chi connectivity index (χ1n) is 8.39. The highest BCUT2D eigenvalue weighted by atomic mass is 19.4. The molecule has 4 nitrogen and oxygen atoms in total. The summed E-state index contributed by atoms with van der Waals surface area (Å²) in [5.74, 6) is 3.69. The summed E-state index contributed by atoms with van der Waals surface area (Å²) < 4.78 is 38.1. The first-order chi connectivity index (χ1) is 11.9. The van der Waals surface area contributed by atoms with Crippen molar-refractivity contribution in [1.29, 1.82) is 0 Å². The summed E-state index contributed by atoms with van der Waals surface area (Å²) in [4.78, 5) is 13.4. The highest BCUT2D eigenvalue weighted by Gasteiger charge is 2.42. The van der Waals surface area contributed by atoms with Crippen LogP contribution in [0.3, 0.4) is 0 Å². The van der Waals surface area contributed by atoms with Crippen LogP contribution in [0.5, 0.6) is 0 Å². The number of amides is 2. The smallest absolute Gasteiger partial charge is 0.332 e. The molecule has 3 saturated heterocycles. The number of piperidine rings is 3. The molecule has 2 amide bonds. The van der Waals surface area contributed by atoms with Gasteiger partial charge in [-0.25, -0.2) is 4.79 Å². The van der Waals surface area contributed by atoms with Crippen molar-refractivity contribution in [2.24, 2.45) is 11.8 Å². The molecule has 0 spiro atoms. The Morgan fingerprint density at radius 1 is 1.40 bits per heavy atom. The summed E-state index contributed by atoms with van der Waals surface area (Å²) in [5.41, 5.74) is -0.664. The molecule has 3 N–H and O–H groups in total. The molecule has 7 heteroatoms. The molecule has 0 aliphatic carbocycles. The summed E-state index contributed by atoms with van der Waals surface area (Å²) in [6.45, 7) is 2.49. The van der Waals surface area contributed by atoms with E-state index in [-0.39, 0.29) is 5.69 Å². The second-order valence-electron chi connectivity index (χ2n) is 6.78. The van der Waals surface area contributed by atoms with Gasteiger partial charge in [-0.2, -0.15) is 13.2 Å². The first kappa shape index (κ1) is 17.6. The summed E-state index contributed by atoms with van der Waals surface area (Å²) in [5, 5.41) is 5.24. The molecule has 4 atom stereocenters. The van der Waals surface area contributed by atoms with Crippen LogP contribution in [0.25, 0.3) is 0 Å². The van der Waals surface area contributed by atoms with E-state index in [1.54, 1.807) is 0 Å². The maximum atomic E-state index is 12.7. The van der Waals surface area contributed by atoms with Crippen LogP contribution in [-0.4, -0.2) is 31.7 Å². The molecule has 25 heavy (non-hydrogen) atoms. The predicted octanol–water partition coefficient (Wildman–Crippen LogP) is 1.75. The van der Waals surface area contributed by atoms with Crippen LogP contribution in [0, 0.1) is 24.2 Å². The number of urea groups is 1. The van der Waals surface area contributed by atoms with Gasteiger partial charge in [0.25, 0.3) is 0 Å². The fourth-order valence-electron chi connectivity index (χ4n) is 3.90. The molecule has 0 aromatic heterocycles. The van der Waals surface area contributed by atoms with Gasteiger partial charge in [0.15, 0.2) is 0 Å². The molecule has 4 rings (SSSR count). The predicted molar refractivity (Wildman–Crippen MR) is 88.0 cm³/mol. The Balaban J connectivity index is 1.52. The Hall–Kier alpha value is -2.20. The fourth-order valence-corrected chi connectivity index (χ4v) is 3.90. The van der Waals surface area contributed by atoms with Crippen LogP contribution in [0.4, 0.5) is 23.7 Å². The molecule has 1 aromatic rings. The zero-order valence-corrected chi connectivity index (χ0v) is 13.7. The van der Waals surface area contributed by atoms with E-state index in [9.17, 15) is 18.0 Å². The lowest BCUT2D eigenvalue weighted by molar-refractivity contribution is -0.943. The number of hydrogen-bond acceptors (Lipinski definition) is 1. The first-order valence-corrected chi connectivity index (χ1v) is 8.39. The van der Waals surface area contributed by atoms with Crippen LogP contribution >= 0.6 is 0 Å². The van der Waals surface area contributed by atoms with Crippen molar-refractivity contribution in [2.45, 2.75) is 25.1 Å². The second-order valence-corrected chi connectivity index (χ2v) is 6.78. The average molecular weight is 352 g/mol. The normalized spacial score (nSPS) is 28.2. The topological polar surface area (TPSA) is 45.6 Å². The zero-order chi connectivity index (χ0) is 18.0. The van der Waals surface area contributed by atoms with Gasteiger partial charge in [-0.05, 0) is 24.1 Å². The molecule has 3 fully saturated rings. The highest BCUT2D eigenvalue weighted by Crippen LogP contribution is 2.30. The second kappa shape index (κ2) is 6.96. The van der Waals surface area contributed by atoms with Crippen molar-refractivity contribution in [3.05, 3.63) is 29.8 Å². The quantitative estimate of drug-likeness (QED) is 0.713. The van der Waals surface area contributed by atoms with Gasteiger partial charge in [0.2, 0.25) is 0 Å². The largest absolute Gasteiger partial charge is 0.416 e. The Kier molecular flexibility index (Phi) is 4.91. The molecular formula is C18H21F3N3O+. The highest BCUT2D eigenvalue weighted by molar-refractivity contribution is 5.89. The van der Waals surface area contributed by atoms with Crippen LogP contribution in [0.2, 0.25) is 0 Å². The van der Waals surface area contributed by atoms with E-state index in [1.165, 1.54) is 17.0 Å². The third kappa shape index (κ3) is 4.07. The van der Waals surface area contributed by atoms with E-state index in [0.717, 1.165) is 38.1 Å². The number of benzene rings is 1. The number of fused-ring (bicyclic) bond motifs is 3. The molecule has 2 bridgehead atoms. The monoisotopic (exact) mass is 352 g/mol. The van der Waals surface area contributed by atoms with Gasteiger partial charge in [-0.1, -0.05) is 12.0 Å². The number of hydrogen-bond donors (Lipinski definition) is 3. The molecule has 0 radical (unpaired) electrons. The lowest BCUT2D eigenvalue weighted by Crippen LogP contribution is -3.20. The van der Waals surface area contributed by atoms with Gasteiger partial charge in [0.1, 0.15) is 6.04 Å². The van der Waals surface area contributed by atoms with Gasteiger partial charge in [-0.3, -0.25) is 0 Å². The van der Waals surface area contributed by atoms with E-state index in [1.807, 2.05) is 0 Å². The Morgan fingerprint density at radius 3 is 2.84 bits per heavy atom. The Bertz CT molecular complexity index is 683. The number of carbonyl (C=O) groups excluding carboxylic acids is 1. The number of alkyl halides is 3. The van der Waals surface area contributed by atoms with Crippen molar-refractivity contribution in [2.75, 3.05) is 25.0 Å². The Labute approximate surface area is 144 Å². The number of rotatable bonds is 3. The fraction of sp³-hybridized carbons (Fsp3) is 0.500. The van der Waals surface area contributed by atoms with Crippen molar-refractivity contribution in [1.82, 2.24) is 5.32 Å². The van der Waals surface area contributed by atoms with Crippen molar-refractivity contribution < 1.29 is 22.9 Å². The van der Waals surface area contributed by atoms with E-state index in [0.29, 0.717) is 24.4 Å². The minimum Gasteiger partial charge on any atom is -0.332 e.